The van der Waals surface area contributed by atoms with Gasteiger partial charge in [0.1, 0.15) is 11.6 Å². The quantitative estimate of drug-likeness (QED) is 0.610. The molecule has 9 heteroatoms. The molecule has 3 aromatic rings. The second-order valence-corrected chi connectivity index (χ2v) is 8.64. The predicted octanol–water partition coefficient (Wildman–Crippen LogP) is 2.68. The molecule has 2 aliphatic rings. The van der Waals surface area contributed by atoms with Crippen LogP contribution in [0.15, 0.2) is 48.8 Å². The summed E-state index contributed by atoms with van der Waals surface area (Å²) in [6.45, 7) is 5.94. The Balaban J connectivity index is 1.20. The van der Waals surface area contributed by atoms with Crippen LogP contribution < -0.4 is 9.80 Å². The van der Waals surface area contributed by atoms with E-state index in [-0.39, 0.29) is 17.6 Å². The monoisotopic (exact) mass is 449 g/mol. The molecule has 0 N–H and O–H groups in total. The first kappa shape index (κ1) is 21.4. The summed E-state index contributed by atoms with van der Waals surface area (Å²) in [5.41, 5.74) is 0.612. The molecule has 5 rings (SSSR count). The molecule has 1 aromatic carbocycles. The zero-order valence-electron chi connectivity index (χ0n) is 18.8. The normalized spacial score (nSPS) is 19.1. The summed E-state index contributed by atoms with van der Waals surface area (Å²) in [6.07, 6.45) is 5.42. The summed E-state index contributed by atoms with van der Waals surface area (Å²) in [5.74, 6) is 2.29. The lowest BCUT2D eigenvalue weighted by atomic mass is 9.96. The number of rotatable bonds is 4. The first-order valence-corrected chi connectivity index (χ1v) is 11.5. The van der Waals surface area contributed by atoms with Crippen molar-refractivity contribution in [3.8, 4) is 5.82 Å². The van der Waals surface area contributed by atoms with Gasteiger partial charge in [0.15, 0.2) is 11.6 Å². The van der Waals surface area contributed by atoms with Gasteiger partial charge in [-0.15, -0.1) is 10.2 Å². The zero-order valence-corrected chi connectivity index (χ0v) is 18.8. The highest BCUT2D eigenvalue weighted by Gasteiger charge is 2.32. The largest absolute Gasteiger partial charge is 0.366 e. The van der Waals surface area contributed by atoms with E-state index >= 15 is 0 Å². The van der Waals surface area contributed by atoms with E-state index in [1.54, 1.807) is 18.3 Å². The SMILES string of the molecule is Cc1nccn1-c1ccc(N2CCCC(C(=O)N3CCN(c4ccccc4F)CC3)C2)nn1. The van der Waals surface area contributed by atoms with Gasteiger partial charge in [-0.2, -0.15) is 0 Å². The lowest BCUT2D eigenvalue weighted by Crippen LogP contribution is -2.52. The topological polar surface area (TPSA) is 70.4 Å². The standard InChI is InChI=1S/C24H28FN7O/c1-18-26-10-12-32(18)23-9-8-22(27-28-23)31-11-4-5-19(17-31)24(33)30-15-13-29(14-16-30)21-7-3-2-6-20(21)25/h2-3,6-10,12,19H,4-5,11,13-17H2,1H3. The van der Waals surface area contributed by atoms with Crippen LogP contribution in [0.1, 0.15) is 18.7 Å². The molecule has 0 radical (unpaired) electrons. The van der Waals surface area contributed by atoms with E-state index in [0.29, 0.717) is 38.4 Å². The van der Waals surface area contributed by atoms with Crippen molar-refractivity contribution in [2.45, 2.75) is 19.8 Å². The number of aryl methyl sites for hydroxylation is 1. The maximum Gasteiger partial charge on any atom is 0.227 e. The number of para-hydroxylation sites is 1. The number of imidazole rings is 1. The van der Waals surface area contributed by atoms with Crippen LogP contribution in [0.4, 0.5) is 15.9 Å². The number of carbonyl (C=O) groups excluding carboxylic acids is 1. The van der Waals surface area contributed by atoms with Gasteiger partial charge in [0.2, 0.25) is 5.91 Å². The number of benzene rings is 1. The van der Waals surface area contributed by atoms with Crippen molar-refractivity contribution in [3.05, 3.63) is 60.4 Å². The fraction of sp³-hybridized carbons (Fsp3) is 0.417. The Morgan fingerprint density at radius 1 is 0.970 bits per heavy atom. The fourth-order valence-electron chi connectivity index (χ4n) is 4.76. The highest BCUT2D eigenvalue weighted by molar-refractivity contribution is 5.80. The van der Waals surface area contributed by atoms with Gasteiger partial charge < -0.3 is 14.7 Å². The summed E-state index contributed by atoms with van der Waals surface area (Å²) in [7, 11) is 0. The first-order valence-electron chi connectivity index (χ1n) is 11.5. The number of anilines is 2. The van der Waals surface area contributed by atoms with Crippen LogP contribution >= 0.6 is 0 Å². The minimum absolute atomic E-state index is 0.0591. The molecule has 33 heavy (non-hydrogen) atoms. The number of hydrogen-bond acceptors (Lipinski definition) is 6. The molecule has 1 unspecified atom stereocenters. The van der Waals surface area contributed by atoms with Crippen LogP contribution in [0.5, 0.6) is 0 Å². The molecule has 0 spiro atoms. The highest BCUT2D eigenvalue weighted by atomic mass is 19.1. The summed E-state index contributed by atoms with van der Waals surface area (Å²) >= 11 is 0. The summed E-state index contributed by atoms with van der Waals surface area (Å²) < 4.78 is 16.0. The van der Waals surface area contributed by atoms with E-state index in [1.807, 2.05) is 45.7 Å². The Labute approximate surface area is 192 Å². The number of nitrogens with zero attached hydrogens (tertiary/aromatic N) is 7. The number of amides is 1. The number of carbonyl (C=O) groups is 1. The number of aromatic nitrogens is 4. The smallest absolute Gasteiger partial charge is 0.227 e. The molecule has 4 heterocycles. The van der Waals surface area contributed by atoms with E-state index in [1.165, 1.54) is 6.07 Å². The zero-order chi connectivity index (χ0) is 22.8. The number of piperidine rings is 1. The van der Waals surface area contributed by atoms with Crippen molar-refractivity contribution >= 4 is 17.4 Å². The van der Waals surface area contributed by atoms with E-state index < -0.39 is 0 Å². The maximum absolute atomic E-state index is 14.1. The van der Waals surface area contributed by atoms with Gasteiger partial charge in [-0.3, -0.25) is 9.36 Å². The molecule has 2 aliphatic heterocycles. The van der Waals surface area contributed by atoms with Gasteiger partial charge in [-0.05, 0) is 44.0 Å². The van der Waals surface area contributed by atoms with E-state index in [0.717, 1.165) is 36.8 Å². The second kappa shape index (κ2) is 9.17. The van der Waals surface area contributed by atoms with Crippen molar-refractivity contribution in [3.63, 3.8) is 0 Å². The maximum atomic E-state index is 14.1. The van der Waals surface area contributed by atoms with Crippen LogP contribution in [-0.4, -0.2) is 69.8 Å². The highest BCUT2D eigenvalue weighted by Crippen LogP contribution is 2.25. The molecular formula is C24H28FN7O. The van der Waals surface area contributed by atoms with Crippen LogP contribution in [-0.2, 0) is 4.79 Å². The molecule has 2 fully saturated rings. The summed E-state index contributed by atoms with van der Waals surface area (Å²) in [5, 5.41) is 8.78. The van der Waals surface area contributed by atoms with Gasteiger partial charge >= 0.3 is 0 Å². The lowest BCUT2D eigenvalue weighted by molar-refractivity contribution is -0.136. The van der Waals surface area contributed by atoms with E-state index in [4.69, 9.17) is 0 Å². The minimum Gasteiger partial charge on any atom is -0.366 e. The summed E-state index contributed by atoms with van der Waals surface area (Å²) in [6, 6.07) is 10.7. The molecule has 1 atom stereocenters. The van der Waals surface area contributed by atoms with Gasteiger partial charge in [-0.25, -0.2) is 9.37 Å². The lowest BCUT2D eigenvalue weighted by Gasteiger charge is -2.40. The number of piperazine rings is 1. The van der Waals surface area contributed by atoms with Gasteiger partial charge in [0.25, 0.3) is 0 Å². The van der Waals surface area contributed by atoms with E-state index in [9.17, 15) is 9.18 Å². The molecule has 172 valence electrons. The van der Waals surface area contributed by atoms with Gasteiger partial charge in [-0.1, -0.05) is 12.1 Å². The Kier molecular flexibility index (Phi) is 5.93. The Bertz CT molecular complexity index is 1110. The molecule has 2 aromatic heterocycles. The molecule has 1 amide bonds. The average molecular weight is 450 g/mol. The third kappa shape index (κ3) is 4.40. The molecule has 2 saturated heterocycles. The number of hydrogen-bond donors (Lipinski definition) is 0. The Morgan fingerprint density at radius 3 is 2.42 bits per heavy atom. The molecule has 0 aliphatic carbocycles. The van der Waals surface area contributed by atoms with Gasteiger partial charge in [0, 0.05) is 51.7 Å². The van der Waals surface area contributed by atoms with Crippen molar-refractivity contribution in [1.29, 1.82) is 0 Å². The van der Waals surface area contributed by atoms with Crippen LogP contribution in [0.3, 0.4) is 0 Å². The average Bonchev–Trinajstić information content (AvgIpc) is 3.30. The van der Waals surface area contributed by atoms with E-state index in [2.05, 4.69) is 20.1 Å². The number of halogens is 1. The Morgan fingerprint density at radius 2 is 1.73 bits per heavy atom. The molecule has 0 saturated carbocycles. The summed E-state index contributed by atoms with van der Waals surface area (Å²) in [4.78, 5) is 23.6. The fourth-order valence-corrected chi connectivity index (χ4v) is 4.76. The van der Waals surface area contributed by atoms with Crippen LogP contribution in [0.25, 0.3) is 5.82 Å². The van der Waals surface area contributed by atoms with Gasteiger partial charge in [0.05, 0.1) is 11.6 Å². The third-order valence-corrected chi connectivity index (χ3v) is 6.59. The van der Waals surface area contributed by atoms with Crippen molar-refractivity contribution in [2.24, 2.45) is 5.92 Å². The molecule has 8 nitrogen and oxygen atoms in total. The second-order valence-electron chi connectivity index (χ2n) is 8.64. The molecular weight excluding hydrogens is 421 g/mol. The third-order valence-electron chi connectivity index (χ3n) is 6.59. The van der Waals surface area contributed by atoms with Crippen molar-refractivity contribution < 1.29 is 9.18 Å². The van der Waals surface area contributed by atoms with Crippen molar-refractivity contribution in [2.75, 3.05) is 49.1 Å². The Hall–Kier alpha value is -3.49. The minimum atomic E-state index is -0.212. The van der Waals surface area contributed by atoms with Crippen molar-refractivity contribution in [1.82, 2.24) is 24.6 Å². The predicted molar refractivity (Wildman–Crippen MR) is 124 cm³/mol. The molecule has 0 bridgehead atoms. The van der Waals surface area contributed by atoms with Crippen LogP contribution in [0.2, 0.25) is 0 Å². The first-order chi connectivity index (χ1) is 16.1. The van der Waals surface area contributed by atoms with Crippen LogP contribution in [0, 0.1) is 18.7 Å².